The normalized spacial score (nSPS) is 16.1. The lowest BCUT2D eigenvalue weighted by molar-refractivity contribution is 0.0398. The molecule has 0 aliphatic carbocycles. The molecule has 6 nitrogen and oxygen atoms in total. The summed E-state index contributed by atoms with van der Waals surface area (Å²) >= 11 is 1.56. The molecule has 0 bridgehead atoms. The Hall–Kier alpha value is -1.05. The standard InChI is InChI=1S/C13H23N5OS/c1-3-14-11-10-12(17-13(16-11)20-2)15-4-5-18-6-8-19-9-7-18/h10H,3-9H2,1-2H3,(H2,14,15,16,17). The van der Waals surface area contributed by atoms with E-state index < -0.39 is 0 Å². The number of ether oxygens (including phenoxy) is 1. The van der Waals surface area contributed by atoms with Crippen molar-refractivity contribution >= 4 is 23.4 Å². The Morgan fingerprint density at radius 1 is 1.25 bits per heavy atom. The van der Waals surface area contributed by atoms with Crippen LogP contribution < -0.4 is 10.6 Å². The maximum Gasteiger partial charge on any atom is 0.191 e. The Morgan fingerprint density at radius 2 is 1.95 bits per heavy atom. The van der Waals surface area contributed by atoms with Crippen molar-refractivity contribution in [2.24, 2.45) is 0 Å². The van der Waals surface area contributed by atoms with E-state index in [1.165, 1.54) is 0 Å². The van der Waals surface area contributed by atoms with Crippen molar-refractivity contribution in [2.45, 2.75) is 12.1 Å². The van der Waals surface area contributed by atoms with Crippen LogP contribution in [0.3, 0.4) is 0 Å². The van der Waals surface area contributed by atoms with E-state index in [1.807, 2.05) is 12.3 Å². The molecule has 1 aromatic rings. The molecule has 1 saturated heterocycles. The van der Waals surface area contributed by atoms with Gasteiger partial charge in [-0.15, -0.1) is 0 Å². The SMILES string of the molecule is CCNc1cc(NCCN2CCOCC2)nc(SC)n1. The summed E-state index contributed by atoms with van der Waals surface area (Å²) in [6.45, 7) is 8.54. The smallest absolute Gasteiger partial charge is 0.191 e. The van der Waals surface area contributed by atoms with E-state index in [0.29, 0.717) is 0 Å². The molecule has 0 radical (unpaired) electrons. The Labute approximate surface area is 124 Å². The lowest BCUT2D eigenvalue weighted by Gasteiger charge is -2.26. The molecule has 112 valence electrons. The van der Waals surface area contributed by atoms with E-state index in [-0.39, 0.29) is 0 Å². The molecule has 0 atom stereocenters. The van der Waals surface area contributed by atoms with E-state index in [2.05, 4.69) is 32.4 Å². The second-order valence-electron chi connectivity index (χ2n) is 4.54. The van der Waals surface area contributed by atoms with E-state index in [9.17, 15) is 0 Å². The minimum atomic E-state index is 0.789. The van der Waals surface area contributed by atoms with Crippen LogP contribution >= 0.6 is 11.8 Å². The quantitative estimate of drug-likeness (QED) is 0.582. The summed E-state index contributed by atoms with van der Waals surface area (Å²) in [5, 5.41) is 7.40. The largest absolute Gasteiger partial charge is 0.379 e. The van der Waals surface area contributed by atoms with Gasteiger partial charge in [0, 0.05) is 38.8 Å². The number of nitrogens with zero attached hydrogens (tertiary/aromatic N) is 3. The van der Waals surface area contributed by atoms with Crippen LogP contribution in [0.2, 0.25) is 0 Å². The second-order valence-corrected chi connectivity index (χ2v) is 5.31. The Kier molecular flexibility index (Phi) is 6.35. The van der Waals surface area contributed by atoms with Gasteiger partial charge in [-0.3, -0.25) is 4.90 Å². The number of thioether (sulfide) groups is 1. The second kappa shape index (κ2) is 8.28. The molecule has 1 aliphatic rings. The average Bonchev–Trinajstić information content (AvgIpc) is 2.48. The molecule has 1 aromatic heterocycles. The van der Waals surface area contributed by atoms with Crippen LogP contribution in [0.1, 0.15) is 6.92 Å². The minimum absolute atomic E-state index is 0.789. The first-order valence-corrected chi connectivity index (χ1v) is 8.25. The molecule has 20 heavy (non-hydrogen) atoms. The number of aromatic nitrogens is 2. The molecular weight excluding hydrogens is 274 g/mol. The van der Waals surface area contributed by atoms with Gasteiger partial charge in [0.15, 0.2) is 5.16 Å². The highest BCUT2D eigenvalue weighted by Gasteiger charge is 2.09. The van der Waals surface area contributed by atoms with Crippen LogP contribution in [0.15, 0.2) is 11.2 Å². The number of hydrogen-bond donors (Lipinski definition) is 2. The lowest BCUT2D eigenvalue weighted by atomic mass is 10.4. The molecule has 1 aliphatic heterocycles. The summed E-state index contributed by atoms with van der Waals surface area (Å²) < 4.78 is 5.34. The monoisotopic (exact) mass is 297 g/mol. The molecule has 2 heterocycles. The topological polar surface area (TPSA) is 62.3 Å². The van der Waals surface area contributed by atoms with Gasteiger partial charge in [-0.2, -0.15) is 0 Å². The third-order valence-electron chi connectivity index (χ3n) is 3.08. The predicted octanol–water partition coefficient (Wildman–Crippen LogP) is 1.37. The molecule has 0 unspecified atom stereocenters. The van der Waals surface area contributed by atoms with Crippen LogP contribution in [-0.4, -0.2) is 67.1 Å². The van der Waals surface area contributed by atoms with Gasteiger partial charge in [-0.25, -0.2) is 9.97 Å². The van der Waals surface area contributed by atoms with Gasteiger partial charge in [0.2, 0.25) is 0 Å². The highest BCUT2D eigenvalue weighted by molar-refractivity contribution is 7.98. The molecule has 2 rings (SSSR count). The van der Waals surface area contributed by atoms with Gasteiger partial charge in [0.05, 0.1) is 13.2 Å². The zero-order valence-corrected chi connectivity index (χ0v) is 13.0. The van der Waals surface area contributed by atoms with Crippen molar-refractivity contribution in [3.8, 4) is 0 Å². The van der Waals surface area contributed by atoms with Crippen LogP contribution in [0.4, 0.5) is 11.6 Å². The van der Waals surface area contributed by atoms with E-state index in [4.69, 9.17) is 4.74 Å². The summed E-state index contributed by atoms with van der Waals surface area (Å²) in [6.07, 6.45) is 1.99. The van der Waals surface area contributed by atoms with Crippen molar-refractivity contribution in [1.82, 2.24) is 14.9 Å². The third-order valence-corrected chi connectivity index (χ3v) is 3.63. The fraction of sp³-hybridized carbons (Fsp3) is 0.692. The Balaban J connectivity index is 1.85. The average molecular weight is 297 g/mol. The van der Waals surface area contributed by atoms with Gasteiger partial charge >= 0.3 is 0 Å². The van der Waals surface area contributed by atoms with Crippen LogP contribution in [0, 0.1) is 0 Å². The van der Waals surface area contributed by atoms with Crippen molar-refractivity contribution in [1.29, 1.82) is 0 Å². The summed E-state index contributed by atoms with van der Waals surface area (Å²) in [5.41, 5.74) is 0. The van der Waals surface area contributed by atoms with E-state index >= 15 is 0 Å². The highest BCUT2D eigenvalue weighted by Crippen LogP contribution is 2.17. The van der Waals surface area contributed by atoms with Gasteiger partial charge in [0.25, 0.3) is 0 Å². The van der Waals surface area contributed by atoms with Gasteiger partial charge < -0.3 is 15.4 Å². The van der Waals surface area contributed by atoms with E-state index in [1.54, 1.807) is 11.8 Å². The number of hydrogen-bond acceptors (Lipinski definition) is 7. The van der Waals surface area contributed by atoms with Crippen molar-refractivity contribution in [2.75, 3.05) is 62.8 Å². The molecule has 0 amide bonds. The fourth-order valence-electron chi connectivity index (χ4n) is 2.05. The molecule has 0 saturated carbocycles. The molecule has 0 aromatic carbocycles. The Bertz CT molecular complexity index is 412. The zero-order valence-electron chi connectivity index (χ0n) is 12.2. The maximum atomic E-state index is 5.34. The number of morpholine rings is 1. The van der Waals surface area contributed by atoms with Crippen molar-refractivity contribution in [3.05, 3.63) is 6.07 Å². The molecule has 0 spiro atoms. The fourth-order valence-corrected chi connectivity index (χ4v) is 2.42. The first kappa shape index (κ1) is 15.3. The van der Waals surface area contributed by atoms with Crippen molar-refractivity contribution < 1.29 is 4.74 Å². The van der Waals surface area contributed by atoms with Gasteiger partial charge in [0.1, 0.15) is 11.6 Å². The van der Waals surface area contributed by atoms with Crippen LogP contribution in [0.5, 0.6) is 0 Å². The summed E-state index contributed by atoms with van der Waals surface area (Å²) in [7, 11) is 0. The number of rotatable bonds is 7. The van der Waals surface area contributed by atoms with Gasteiger partial charge in [-0.1, -0.05) is 11.8 Å². The zero-order chi connectivity index (χ0) is 14.2. The highest BCUT2D eigenvalue weighted by atomic mass is 32.2. The summed E-state index contributed by atoms with van der Waals surface area (Å²) in [4.78, 5) is 11.3. The van der Waals surface area contributed by atoms with E-state index in [0.717, 1.165) is 62.7 Å². The summed E-state index contributed by atoms with van der Waals surface area (Å²) in [5.74, 6) is 1.76. The van der Waals surface area contributed by atoms with Crippen LogP contribution in [-0.2, 0) is 4.74 Å². The predicted molar refractivity (Wildman–Crippen MR) is 83.7 cm³/mol. The molecule has 2 N–H and O–H groups in total. The maximum absolute atomic E-state index is 5.34. The lowest BCUT2D eigenvalue weighted by Crippen LogP contribution is -2.39. The first-order valence-electron chi connectivity index (χ1n) is 7.02. The van der Waals surface area contributed by atoms with Gasteiger partial charge in [-0.05, 0) is 13.2 Å². The molecule has 1 fully saturated rings. The number of nitrogens with one attached hydrogen (secondary N) is 2. The van der Waals surface area contributed by atoms with Crippen molar-refractivity contribution in [3.63, 3.8) is 0 Å². The summed E-state index contributed by atoms with van der Waals surface area (Å²) in [6, 6.07) is 1.96. The molecular formula is C13H23N5OS. The van der Waals surface area contributed by atoms with Crippen LogP contribution in [0.25, 0.3) is 0 Å². The number of anilines is 2. The Morgan fingerprint density at radius 3 is 2.60 bits per heavy atom. The third kappa shape index (κ3) is 4.81. The minimum Gasteiger partial charge on any atom is -0.379 e. The molecule has 7 heteroatoms. The first-order chi connectivity index (χ1) is 9.81.